The van der Waals surface area contributed by atoms with E-state index in [1.54, 1.807) is 20.2 Å². The SMILES string of the molecule is CC(C)[C@H](NOCc1ccccc1)C(=O)NP(=O)(O)OCC1C=CC(n2cnc3c(N)ncnc32)C1. The number of benzene rings is 1. The average Bonchev–Trinajstić information content (AvgIpc) is 3.48. The number of aromatic nitrogens is 4. The van der Waals surface area contributed by atoms with Crippen molar-refractivity contribution >= 4 is 30.6 Å². The molecule has 0 saturated carbocycles. The molecular weight excluding hydrogens is 485 g/mol. The highest BCUT2D eigenvalue weighted by Gasteiger charge is 2.32. The Hall–Kier alpha value is -3.15. The number of nitrogens with one attached hydrogen (secondary N) is 2. The van der Waals surface area contributed by atoms with Crippen LogP contribution in [0.4, 0.5) is 5.82 Å². The van der Waals surface area contributed by atoms with Crippen molar-refractivity contribution in [3.8, 4) is 0 Å². The van der Waals surface area contributed by atoms with Crippen LogP contribution < -0.4 is 16.3 Å². The van der Waals surface area contributed by atoms with Crippen LogP contribution >= 0.6 is 7.75 Å². The summed E-state index contributed by atoms with van der Waals surface area (Å²) >= 11 is 0. The number of hydrogen-bond donors (Lipinski definition) is 4. The molecule has 3 aromatic rings. The number of rotatable bonds is 11. The van der Waals surface area contributed by atoms with E-state index in [9.17, 15) is 14.3 Å². The van der Waals surface area contributed by atoms with E-state index >= 15 is 0 Å². The van der Waals surface area contributed by atoms with Crippen LogP contribution in [0.15, 0.2) is 55.1 Å². The molecule has 0 fully saturated rings. The predicted molar refractivity (Wildman–Crippen MR) is 133 cm³/mol. The van der Waals surface area contributed by atoms with Gasteiger partial charge in [0.2, 0.25) is 5.91 Å². The monoisotopic (exact) mass is 515 g/mol. The maximum atomic E-state index is 12.7. The van der Waals surface area contributed by atoms with Crippen LogP contribution in [-0.2, 0) is 25.3 Å². The molecule has 3 unspecified atom stereocenters. The highest BCUT2D eigenvalue weighted by atomic mass is 31.2. The minimum absolute atomic E-state index is 0.0465. The van der Waals surface area contributed by atoms with Gasteiger partial charge in [-0.3, -0.25) is 19.2 Å². The first kappa shape index (κ1) is 25.9. The van der Waals surface area contributed by atoms with Crippen LogP contribution in [0.5, 0.6) is 0 Å². The second-order valence-corrected chi connectivity index (χ2v) is 10.5. The van der Waals surface area contributed by atoms with E-state index in [4.69, 9.17) is 15.1 Å². The Balaban J connectivity index is 1.27. The molecule has 2 aromatic heterocycles. The number of allylic oxidation sites excluding steroid dienone is 1. The summed E-state index contributed by atoms with van der Waals surface area (Å²) in [5, 5.41) is 2.12. The van der Waals surface area contributed by atoms with Crippen LogP contribution in [0.3, 0.4) is 0 Å². The fourth-order valence-electron chi connectivity index (χ4n) is 3.91. The Morgan fingerprint density at radius 2 is 2.03 bits per heavy atom. The highest BCUT2D eigenvalue weighted by molar-refractivity contribution is 7.51. The lowest BCUT2D eigenvalue weighted by atomic mass is 10.1. The molecule has 36 heavy (non-hydrogen) atoms. The second-order valence-electron chi connectivity index (χ2n) is 8.94. The molecule has 5 N–H and O–H groups in total. The standard InChI is InChI=1S/C23H30N7O5P/c1-15(2)19(28-34-11-16-6-4-3-5-7-16)23(31)29-36(32,33)35-12-17-8-9-18(10-17)30-14-27-20-21(24)25-13-26-22(20)30/h3-9,13-15,17-19,28H,10-12H2,1-2H3,(H2,24,25,26)(H2,29,31,32,33)/t17?,18?,19-/m0/s1. The van der Waals surface area contributed by atoms with E-state index < -0.39 is 19.7 Å². The molecule has 1 amide bonds. The Morgan fingerprint density at radius 1 is 1.25 bits per heavy atom. The first-order valence-electron chi connectivity index (χ1n) is 11.6. The van der Waals surface area contributed by atoms with Gasteiger partial charge in [-0.15, -0.1) is 0 Å². The Labute approximate surface area is 208 Å². The number of hydroxylamine groups is 1. The van der Waals surface area contributed by atoms with Crippen molar-refractivity contribution in [1.82, 2.24) is 30.1 Å². The zero-order chi connectivity index (χ0) is 25.7. The molecule has 0 aliphatic heterocycles. The number of nitrogen functional groups attached to an aromatic ring is 1. The van der Waals surface area contributed by atoms with Crippen molar-refractivity contribution in [2.24, 2.45) is 11.8 Å². The number of carbonyl (C=O) groups is 1. The molecule has 12 nitrogen and oxygen atoms in total. The van der Waals surface area contributed by atoms with Gasteiger partial charge in [-0.2, -0.15) is 5.48 Å². The van der Waals surface area contributed by atoms with Crippen molar-refractivity contribution in [1.29, 1.82) is 0 Å². The highest BCUT2D eigenvalue weighted by Crippen LogP contribution is 2.40. The van der Waals surface area contributed by atoms with Crippen LogP contribution in [0.25, 0.3) is 11.2 Å². The molecular formula is C23H30N7O5P. The van der Waals surface area contributed by atoms with Crippen LogP contribution in [0.2, 0.25) is 0 Å². The number of nitrogens with two attached hydrogens (primary N) is 1. The number of imidazole rings is 1. The van der Waals surface area contributed by atoms with Gasteiger partial charge >= 0.3 is 7.75 Å². The zero-order valence-electron chi connectivity index (χ0n) is 20.0. The van der Waals surface area contributed by atoms with Gasteiger partial charge in [0.05, 0.1) is 25.6 Å². The molecule has 1 aromatic carbocycles. The molecule has 0 spiro atoms. The Kier molecular flexibility index (Phi) is 8.12. The summed E-state index contributed by atoms with van der Waals surface area (Å²) in [5.74, 6) is -0.734. The van der Waals surface area contributed by atoms with Crippen molar-refractivity contribution in [3.63, 3.8) is 0 Å². The van der Waals surface area contributed by atoms with E-state index in [0.29, 0.717) is 23.4 Å². The molecule has 2 heterocycles. The maximum Gasteiger partial charge on any atom is 0.432 e. The predicted octanol–water partition coefficient (Wildman–Crippen LogP) is 2.50. The third-order valence-electron chi connectivity index (χ3n) is 5.85. The summed E-state index contributed by atoms with van der Waals surface area (Å²) < 4.78 is 19.7. The molecule has 1 aliphatic carbocycles. The van der Waals surface area contributed by atoms with Crippen molar-refractivity contribution in [3.05, 3.63) is 60.7 Å². The van der Waals surface area contributed by atoms with Gasteiger partial charge in [-0.05, 0) is 17.9 Å². The van der Waals surface area contributed by atoms with Gasteiger partial charge in [0.1, 0.15) is 17.9 Å². The average molecular weight is 516 g/mol. The van der Waals surface area contributed by atoms with Crippen LogP contribution in [0.1, 0.15) is 31.9 Å². The summed E-state index contributed by atoms with van der Waals surface area (Å²) in [6.07, 6.45) is 7.48. The first-order valence-corrected chi connectivity index (χ1v) is 13.1. The quantitative estimate of drug-likeness (QED) is 0.169. The molecule has 13 heteroatoms. The third-order valence-corrected chi connectivity index (χ3v) is 6.85. The van der Waals surface area contributed by atoms with E-state index in [1.165, 1.54) is 6.33 Å². The summed E-state index contributed by atoms with van der Waals surface area (Å²) in [6.45, 7) is 3.79. The Bertz CT molecular complexity index is 1270. The van der Waals surface area contributed by atoms with Gasteiger partial charge in [-0.1, -0.05) is 56.3 Å². The number of amides is 1. The number of fused-ring (bicyclic) bond motifs is 1. The normalized spacial score (nSPS) is 20.0. The largest absolute Gasteiger partial charge is 0.432 e. The van der Waals surface area contributed by atoms with Gasteiger partial charge < -0.3 is 15.2 Å². The molecule has 4 atom stereocenters. The summed E-state index contributed by atoms with van der Waals surface area (Å²) in [7, 11) is -4.40. The lowest BCUT2D eigenvalue weighted by Gasteiger charge is -2.23. The lowest BCUT2D eigenvalue weighted by molar-refractivity contribution is -0.128. The van der Waals surface area contributed by atoms with E-state index in [2.05, 4.69) is 25.5 Å². The molecule has 0 saturated heterocycles. The summed E-state index contributed by atoms with van der Waals surface area (Å²) in [4.78, 5) is 40.9. The molecule has 4 rings (SSSR count). The number of carbonyl (C=O) groups excluding carboxylic acids is 1. The van der Waals surface area contributed by atoms with Crippen molar-refractivity contribution in [2.45, 2.75) is 39.0 Å². The zero-order valence-corrected chi connectivity index (χ0v) is 20.9. The second kappa shape index (κ2) is 11.3. The van der Waals surface area contributed by atoms with Gasteiger partial charge in [0.15, 0.2) is 11.5 Å². The molecule has 192 valence electrons. The minimum Gasteiger partial charge on any atom is -0.382 e. The van der Waals surface area contributed by atoms with Crippen LogP contribution in [-0.4, -0.2) is 43.0 Å². The Morgan fingerprint density at radius 3 is 2.78 bits per heavy atom. The lowest BCUT2D eigenvalue weighted by Crippen LogP contribution is -2.46. The maximum absolute atomic E-state index is 12.7. The number of nitrogens with zero attached hydrogens (tertiary/aromatic N) is 4. The summed E-state index contributed by atoms with van der Waals surface area (Å²) in [6, 6.07) is 8.53. The van der Waals surface area contributed by atoms with E-state index in [0.717, 1.165) is 5.56 Å². The minimum atomic E-state index is -4.40. The van der Waals surface area contributed by atoms with Gasteiger partial charge in [0, 0.05) is 5.92 Å². The fourth-order valence-corrected chi connectivity index (χ4v) is 4.79. The number of anilines is 1. The van der Waals surface area contributed by atoms with E-state index in [1.807, 2.05) is 47.1 Å². The topological polar surface area (TPSA) is 167 Å². The number of hydrogen-bond acceptors (Lipinski definition) is 9. The fraction of sp³-hybridized carbons (Fsp3) is 0.391. The van der Waals surface area contributed by atoms with E-state index in [-0.39, 0.29) is 31.1 Å². The summed E-state index contributed by atoms with van der Waals surface area (Å²) in [5.41, 5.74) is 10.6. The smallest absolute Gasteiger partial charge is 0.382 e. The molecule has 1 aliphatic rings. The van der Waals surface area contributed by atoms with Crippen molar-refractivity contribution in [2.75, 3.05) is 12.3 Å². The molecule has 0 bridgehead atoms. The third kappa shape index (κ3) is 6.34. The molecule has 0 radical (unpaired) electrons. The van der Waals surface area contributed by atoms with Gasteiger partial charge in [-0.25, -0.2) is 19.5 Å². The van der Waals surface area contributed by atoms with Gasteiger partial charge in [0.25, 0.3) is 0 Å². The first-order chi connectivity index (χ1) is 17.2. The van der Waals surface area contributed by atoms with Crippen LogP contribution in [0, 0.1) is 11.8 Å². The van der Waals surface area contributed by atoms with Crippen molar-refractivity contribution < 1.29 is 23.6 Å².